The van der Waals surface area contributed by atoms with Gasteiger partial charge < -0.3 is 15.8 Å². The van der Waals surface area contributed by atoms with Crippen LogP contribution in [0.2, 0.25) is 0 Å². The van der Waals surface area contributed by atoms with Crippen molar-refractivity contribution in [1.82, 2.24) is 15.0 Å². The molecule has 0 amide bonds. The van der Waals surface area contributed by atoms with Crippen molar-refractivity contribution in [3.8, 4) is 11.6 Å². The van der Waals surface area contributed by atoms with Gasteiger partial charge in [0.25, 0.3) is 0 Å². The summed E-state index contributed by atoms with van der Waals surface area (Å²) in [5.41, 5.74) is 8.54. The fourth-order valence-corrected chi connectivity index (χ4v) is 2.86. The number of rotatable bonds is 6. The molecule has 0 saturated heterocycles. The van der Waals surface area contributed by atoms with Gasteiger partial charge in [-0.25, -0.2) is 15.0 Å². The van der Waals surface area contributed by atoms with Gasteiger partial charge in [0.15, 0.2) is 0 Å². The van der Waals surface area contributed by atoms with Gasteiger partial charge in [-0.1, -0.05) is 24.3 Å². The summed E-state index contributed by atoms with van der Waals surface area (Å²) in [7, 11) is 0. The highest BCUT2D eigenvalue weighted by Gasteiger charge is 2.07. The number of aromatic nitrogens is 3. The quantitative estimate of drug-likeness (QED) is 0.506. The molecular weight excluding hydrogens is 338 g/mol. The van der Waals surface area contributed by atoms with Crippen LogP contribution in [0.4, 0.5) is 11.5 Å². The van der Waals surface area contributed by atoms with E-state index in [0.717, 1.165) is 34.5 Å². The second kappa shape index (κ2) is 7.70. The molecule has 0 atom stereocenters. The average Bonchev–Trinajstić information content (AvgIpc) is 2.70. The lowest BCUT2D eigenvalue weighted by Crippen LogP contribution is -2.08. The van der Waals surface area contributed by atoms with Crippen molar-refractivity contribution in [2.75, 3.05) is 17.6 Å². The van der Waals surface area contributed by atoms with Gasteiger partial charge in [-0.3, -0.25) is 0 Å². The maximum Gasteiger partial charge on any atom is 0.219 e. The molecule has 0 aliphatic carbocycles. The van der Waals surface area contributed by atoms with E-state index in [0.29, 0.717) is 18.1 Å². The number of pyridine rings is 1. The first-order chi connectivity index (χ1) is 13.3. The molecular formula is C21H19N5O. The Morgan fingerprint density at radius 2 is 1.81 bits per heavy atom. The van der Waals surface area contributed by atoms with Gasteiger partial charge in [-0.15, -0.1) is 0 Å². The molecule has 2 aromatic carbocycles. The largest absolute Gasteiger partial charge is 0.439 e. The number of nitrogens with one attached hydrogen (secondary N) is 1. The SMILES string of the molecule is Nc1ccc2ncnc(NCCc3ccccc3Oc3ccccn3)c2c1. The highest BCUT2D eigenvalue weighted by Crippen LogP contribution is 2.25. The van der Waals surface area contributed by atoms with Crippen LogP contribution in [0.25, 0.3) is 10.9 Å². The predicted octanol–water partition coefficient (Wildman–Crippen LogP) is 4.05. The molecule has 2 heterocycles. The van der Waals surface area contributed by atoms with Gasteiger partial charge in [0.1, 0.15) is 17.9 Å². The van der Waals surface area contributed by atoms with E-state index in [-0.39, 0.29) is 0 Å². The van der Waals surface area contributed by atoms with Crippen LogP contribution >= 0.6 is 0 Å². The third kappa shape index (κ3) is 3.95. The van der Waals surface area contributed by atoms with Crippen LogP contribution in [0.15, 0.2) is 73.2 Å². The minimum Gasteiger partial charge on any atom is -0.439 e. The van der Waals surface area contributed by atoms with Gasteiger partial charge in [0.05, 0.1) is 5.52 Å². The summed E-state index contributed by atoms with van der Waals surface area (Å²) >= 11 is 0. The fourth-order valence-electron chi connectivity index (χ4n) is 2.86. The van der Waals surface area contributed by atoms with E-state index < -0.39 is 0 Å². The molecule has 0 radical (unpaired) electrons. The first-order valence-corrected chi connectivity index (χ1v) is 8.70. The van der Waals surface area contributed by atoms with E-state index in [1.807, 2.05) is 54.6 Å². The summed E-state index contributed by atoms with van der Waals surface area (Å²) in [5, 5.41) is 4.29. The van der Waals surface area contributed by atoms with Crippen LogP contribution in [0, 0.1) is 0 Å². The van der Waals surface area contributed by atoms with Crippen molar-refractivity contribution in [1.29, 1.82) is 0 Å². The number of fused-ring (bicyclic) bond motifs is 1. The third-order valence-electron chi connectivity index (χ3n) is 4.17. The van der Waals surface area contributed by atoms with E-state index in [1.54, 1.807) is 12.5 Å². The molecule has 0 spiro atoms. The number of ether oxygens (including phenoxy) is 1. The molecule has 0 aliphatic heterocycles. The molecule has 0 unspecified atom stereocenters. The summed E-state index contributed by atoms with van der Waals surface area (Å²) in [6.45, 7) is 0.698. The lowest BCUT2D eigenvalue weighted by molar-refractivity contribution is 0.457. The second-order valence-electron chi connectivity index (χ2n) is 6.05. The lowest BCUT2D eigenvalue weighted by atomic mass is 10.1. The van der Waals surface area contributed by atoms with Crippen molar-refractivity contribution in [3.63, 3.8) is 0 Å². The molecule has 0 fully saturated rings. The average molecular weight is 357 g/mol. The standard InChI is InChI=1S/C21H19N5O/c22-16-8-9-18-17(13-16)21(26-14-25-18)24-12-10-15-5-1-2-6-19(15)27-20-7-3-4-11-23-20/h1-9,11,13-14H,10,12,22H2,(H,24,25,26). The molecule has 134 valence electrons. The van der Waals surface area contributed by atoms with Crippen molar-refractivity contribution < 1.29 is 4.74 Å². The summed E-state index contributed by atoms with van der Waals surface area (Å²) < 4.78 is 5.92. The van der Waals surface area contributed by atoms with E-state index in [1.165, 1.54) is 0 Å². The van der Waals surface area contributed by atoms with Gasteiger partial charge >= 0.3 is 0 Å². The molecule has 27 heavy (non-hydrogen) atoms. The van der Waals surface area contributed by atoms with Crippen molar-refractivity contribution in [2.45, 2.75) is 6.42 Å². The maximum absolute atomic E-state index is 5.92. The van der Waals surface area contributed by atoms with Crippen molar-refractivity contribution >= 4 is 22.4 Å². The maximum atomic E-state index is 5.92. The highest BCUT2D eigenvalue weighted by molar-refractivity contribution is 5.91. The Labute approximate surface area is 157 Å². The zero-order valence-electron chi connectivity index (χ0n) is 14.7. The molecule has 6 heteroatoms. The number of nitrogens with zero attached hydrogens (tertiary/aromatic N) is 3. The molecule has 3 N–H and O–H groups in total. The number of nitrogen functional groups attached to an aromatic ring is 1. The minimum absolute atomic E-state index is 0.579. The Morgan fingerprint density at radius 1 is 0.926 bits per heavy atom. The van der Waals surface area contributed by atoms with Crippen molar-refractivity contribution in [3.05, 3.63) is 78.8 Å². The van der Waals surface area contributed by atoms with Gasteiger partial charge in [0.2, 0.25) is 5.88 Å². The zero-order chi connectivity index (χ0) is 18.5. The van der Waals surface area contributed by atoms with Crippen LogP contribution in [0.3, 0.4) is 0 Å². The van der Waals surface area contributed by atoms with E-state index >= 15 is 0 Å². The summed E-state index contributed by atoms with van der Waals surface area (Å²) in [4.78, 5) is 12.8. The summed E-state index contributed by atoms with van der Waals surface area (Å²) in [5.74, 6) is 2.15. The first-order valence-electron chi connectivity index (χ1n) is 8.70. The molecule has 0 aliphatic rings. The normalized spacial score (nSPS) is 10.7. The smallest absolute Gasteiger partial charge is 0.219 e. The topological polar surface area (TPSA) is 86.0 Å². The monoisotopic (exact) mass is 357 g/mol. The molecule has 6 nitrogen and oxygen atoms in total. The predicted molar refractivity (Wildman–Crippen MR) is 107 cm³/mol. The van der Waals surface area contributed by atoms with Crippen LogP contribution in [0.1, 0.15) is 5.56 Å². The molecule has 0 bridgehead atoms. The number of hydrogen-bond donors (Lipinski definition) is 2. The zero-order valence-corrected chi connectivity index (χ0v) is 14.7. The van der Waals surface area contributed by atoms with Crippen LogP contribution < -0.4 is 15.8 Å². The van der Waals surface area contributed by atoms with Crippen LogP contribution in [-0.2, 0) is 6.42 Å². The molecule has 0 saturated carbocycles. The van der Waals surface area contributed by atoms with E-state index in [2.05, 4.69) is 26.3 Å². The highest BCUT2D eigenvalue weighted by atomic mass is 16.5. The lowest BCUT2D eigenvalue weighted by Gasteiger charge is -2.12. The Balaban J connectivity index is 1.48. The number of benzene rings is 2. The molecule has 4 rings (SSSR count). The summed E-state index contributed by atoms with van der Waals surface area (Å²) in [6, 6.07) is 19.2. The van der Waals surface area contributed by atoms with Gasteiger partial charge in [0, 0.05) is 29.9 Å². The van der Waals surface area contributed by atoms with E-state index in [9.17, 15) is 0 Å². The number of hydrogen-bond acceptors (Lipinski definition) is 6. The van der Waals surface area contributed by atoms with Crippen LogP contribution in [0.5, 0.6) is 11.6 Å². The minimum atomic E-state index is 0.579. The second-order valence-corrected chi connectivity index (χ2v) is 6.05. The molecule has 2 aromatic heterocycles. The van der Waals surface area contributed by atoms with Crippen molar-refractivity contribution in [2.24, 2.45) is 0 Å². The van der Waals surface area contributed by atoms with Gasteiger partial charge in [-0.05, 0) is 42.3 Å². The van der Waals surface area contributed by atoms with Crippen LogP contribution in [-0.4, -0.2) is 21.5 Å². The molecule has 4 aromatic rings. The fraction of sp³-hybridized carbons (Fsp3) is 0.0952. The van der Waals surface area contributed by atoms with E-state index in [4.69, 9.17) is 10.5 Å². The number of anilines is 2. The first kappa shape index (κ1) is 16.8. The Morgan fingerprint density at radius 3 is 2.70 bits per heavy atom. The Bertz CT molecular complexity index is 1050. The Hall–Kier alpha value is -3.67. The summed E-state index contributed by atoms with van der Waals surface area (Å²) in [6.07, 6.45) is 4.04. The third-order valence-corrected chi connectivity index (χ3v) is 4.17. The number of nitrogens with two attached hydrogens (primary N) is 1. The Kier molecular flexibility index (Phi) is 4.78. The van der Waals surface area contributed by atoms with Gasteiger partial charge in [-0.2, -0.15) is 0 Å². The number of para-hydroxylation sites is 1.